The smallest absolute Gasteiger partial charge is 0.270 e. The molecular formula is C18H24N2O2S. The average Bonchev–Trinajstić information content (AvgIpc) is 3.04. The Morgan fingerprint density at radius 2 is 2.04 bits per heavy atom. The van der Waals surface area contributed by atoms with E-state index < -0.39 is 0 Å². The van der Waals surface area contributed by atoms with Gasteiger partial charge in [-0.05, 0) is 24.8 Å². The Kier molecular flexibility index (Phi) is 6.74. The van der Waals surface area contributed by atoms with Gasteiger partial charge in [-0.2, -0.15) is 0 Å². The number of hydrogen-bond donors (Lipinski definition) is 1. The second kappa shape index (κ2) is 8.79. The van der Waals surface area contributed by atoms with Crippen LogP contribution in [0.2, 0.25) is 0 Å². The second-order valence-electron chi connectivity index (χ2n) is 5.62. The van der Waals surface area contributed by atoms with E-state index in [1.807, 2.05) is 12.3 Å². The van der Waals surface area contributed by atoms with Crippen molar-refractivity contribution in [2.45, 2.75) is 33.1 Å². The van der Waals surface area contributed by atoms with Gasteiger partial charge in [-0.3, -0.25) is 4.79 Å². The molecule has 1 heterocycles. The number of carbonyl (C=O) groups excluding carboxylic acids is 1. The molecule has 0 bridgehead atoms. The molecule has 0 saturated carbocycles. The van der Waals surface area contributed by atoms with E-state index in [0.29, 0.717) is 31.4 Å². The van der Waals surface area contributed by atoms with Crippen molar-refractivity contribution >= 4 is 17.2 Å². The highest BCUT2D eigenvalue weighted by molar-refractivity contribution is 7.13. The molecule has 1 N–H and O–H groups in total. The molecule has 1 aromatic carbocycles. The van der Waals surface area contributed by atoms with E-state index in [4.69, 9.17) is 4.74 Å². The predicted molar refractivity (Wildman–Crippen MR) is 95.1 cm³/mol. The van der Waals surface area contributed by atoms with Crippen LogP contribution in [0.25, 0.3) is 10.6 Å². The lowest BCUT2D eigenvalue weighted by molar-refractivity contribution is 0.0940. The molecule has 0 aliphatic carbocycles. The predicted octanol–water partition coefficient (Wildman–Crippen LogP) is 4.09. The summed E-state index contributed by atoms with van der Waals surface area (Å²) in [6.07, 6.45) is 0.813. The van der Waals surface area contributed by atoms with Gasteiger partial charge in [0.15, 0.2) is 0 Å². The van der Waals surface area contributed by atoms with Crippen LogP contribution in [0.15, 0.2) is 29.6 Å². The monoisotopic (exact) mass is 332 g/mol. The quantitative estimate of drug-likeness (QED) is 0.741. The molecule has 4 nitrogen and oxygen atoms in total. The Morgan fingerprint density at radius 3 is 2.70 bits per heavy atom. The summed E-state index contributed by atoms with van der Waals surface area (Å²) in [5, 5.41) is 5.56. The minimum atomic E-state index is -0.122. The number of benzene rings is 1. The lowest BCUT2D eigenvalue weighted by atomic mass is 10.0. The molecule has 0 aliphatic rings. The van der Waals surface area contributed by atoms with E-state index in [0.717, 1.165) is 17.0 Å². The molecule has 0 aliphatic heterocycles. The maximum absolute atomic E-state index is 12.1. The number of aromatic nitrogens is 1. The molecule has 23 heavy (non-hydrogen) atoms. The summed E-state index contributed by atoms with van der Waals surface area (Å²) in [4.78, 5) is 16.5. The van der Waals surface area contributed by atoms with Crippen molar-refractivity contribution in [3.63, 3.8) is 0 Å². The lowest BCUT2D eigenvalue weighted by Crippen LogP contribution is -2.25. The van der Waals surface area contributed by atoms with Crippen molar-refractivity contribution in [3.8, 4) is 10.6 Å². The third kappa shape index (κ3) is 5.15. The largest absolute Gasteiger partial charge is 0.382 e. The summed E-state index contributed by atoms with van der Waals surface area (Å²) in [5.41, 5.74) is 2.83. The van der Waals surface area contributed by atoms with Crippen molar-refractivity contribution in [2.75, 3.05) is 19.8 Å². The molecule has 5 heteroatoms. The number of rotatable bonds is 8. The first-order valence-corrected chi connectivity index (χ1v) is 8.91. The van der Waals surface area contributed by atoms with Gasteiger partial charge in [0.2, 0.25) is 0 Å². The van der Waals surface area contributed by atoms with Gasteiger partial charge >= 0.3 is 0 Å². The van der Waals surface area contributed by atoms with Crippen molar-refractivity contribution in [3.05, 3.63) is 40.9 Å². The SMILES string of the molecule is CCOCCCNC(=O)c1csc(-c2ccc(C(C)C)cc2)n1. The van der Waals surface area contributed by atoms with Gasteiger partial charge in [0.05, 0.1) is 0 Å². The van der Waals surface area contributed by atoms with Gasteiger partial charge in [-0.1, -0.05) is 38.1 Å². The Bertz CT molecular complexity index is 620. The molecule has 0 saturated heterocycles. The van der Waals surface area contributed by atoms with Crippen molar-refractivity contribution in [1.82, 2.24) is 10.3 Å². The number of nitrogens with zero attached hydrogens (tertiary/aromatic N) is 1. The van der Waals surface area contributed by atoms with Crippen LogP contribution in [0.5, 0.6) is 0 Å². The van der Waals surface area contributed by atoms with Crippen LogP contribution >= 0.6 is 11.3 Å². The van der Waals surface area contributed by atoms with Gasteiger partial charge in [0, 0.05) is 30.7 Å². The first kappa shape index (κ1) is 17.6. The number of carbonyl (C=O) groups is 1. The molecular weight excluding hydrogens is 308 g/mol. The van der Waals surface area contributed by atoms with Gasteiger partial charge in [0.25, 0.3) is 5.91 Å². The van der Waals surface area contributed by atoms with Gasteiger partial charge in [-0.25, -0.2) is 4.98 Å². The van der Waals surface area contributed by atoms with E-state index in [1.54, 1.807) is 0 Å². The zero-order valence-corrected chi connectivity index (χ0v) is 14.8. The van der Waals surface area contributed by atoms with Crippen LogP contribution in [0, 0.1) is 0 Å². The lowest BCUT2D eigenvalue weighted by Gasteiger charge is -2.05. The highest BCUT2D eigenvalue weighted by Crippen LogP contribution is 2.25. The van der Waals surface area contributed by atoms with Crippen molar-refractivity contribution in [2.24, 2.45) is 0 Å². The van der Waals surface area contributed by atoms with Gasteiger partial charge in [-0.15, -0.1) is 11.3 Å². The second-order valence-corrected chi connectivity index (χ2v) is 6.48. The van der Waals surface area contributed by atoms with Crippen LogP contribution in [0.3, 0.4) is 0 Å². The zero-order chi connectivity index (χ0) is 16.7. The van der Waals surface area contributed by atoms with Crippen LogP contribution in [-0.2, 0) is 4.74 Å². The maximum atomic E-state index is 12.1. The summed E-state index contributed by atoms with van der Waals surface area (Å²) in [7, 11) is 0. The highest BCUT2D eigenvalue weighted by Gasteiger charge is 2.11. The molecule has 2 rings (SSSR count). The van der Waals surface area contributed by atoms with Crippen molar-refractivity contribution in [1.29, 1.82) is 0 Å². The molecule has 0 spiro atoms. The number of hydrogen-bond acceptors (Lipinski definition) is 4. The fourth-order valence-electron chi connectivity index (χ4n) is 2.13. The molecule has 2 aromatic rings. The Balaban J connectivity index is 1.93. The Labute approximate surface area is 141 Å². The number of ether oxygens (including phenoxy) is 1. The van der Waals surface area contributed by atoms with Gasteiger partial charge < -0.3 is 10.1 Å². The summed E-state index contributed by atoms with van der Waals surface area (Å²) in [6, 6.07) is 8.37. The van der Waals surface area contributed by atoms with E-state index in [-0.39, 0.29) is 5.91 Å². The van der Waals surface area contributed by atoms with Crippen LogP contribution in [0.1, 0.15) is 49.2 Å². The third-order valence-corrected chi connectivity index (χ3v) is 4.41. The molecule has 1 amide bonds. The number of nitrogens with one attached hydrogen (secondary N) is 1. The minimum absolute atomic E-state index is 0.122. The summed E-state index contributed by atoms with van der Waals surface area (Å²) in [6.45, 7) is 8.29. The molecule has 124 valence electrons. The first-order valence-electron chi connectivity index (χ1n) is 8.03. The third-order valence-electron chi connectivity index (χ3n) is 3.52. The van der Waals surface area contributed by atoms with Crippen LogP contribution in [0.4, 0.5) is 0 Å². The highest BCUT2D eigenvalue weighted by atomic mass is 32.1. The zero-order valence-electron chi connectivity index (χ0n) is 14.0. The maximum Gasteiger partial charge on any atom is 0.270 e. The fourth-order valence-corrected chi connectivity index (χ4v) is 2.94. The Hall–Kier alpha value is -1.72. The summed E-state index contributed by atoms with van der Waals surface area (Å²) < 4.78 is 5.24. The number of amides is 1. The molecule has 0 unspecified atom stereocenters. The topological polar surface area (TPSA) is 51.2 Å². The number of thiazole rings is 1. The summed E-state index contributed by atoms with van der Waals surface area (Å²) in [5.74, 6) is 0.390. The fraction of sp³-hybridized carbons (Fsp3) is 0.444. The summed E-state index contributed by atoms with van der Waals surface area (Å²) >= 11 is 1.50. The molecule has 0 atom stereocenters. The van der Waals surface area contributed by atoms with Crippen LogP contribution in [-0.4, -0.2) is 30.6 Å². The average molecular weight is 332 g/mol. The Morgan fingerprint density at radius 1 is 1.30 bits per heavy atom. The normalized spacial score (nSPS) is 11.0. The molecule has 0 fully saturated rings. The van der Waals surface area contributed by atoms with Crippen molar-refractivity contribution < 1.29 is 9.53 Å². The molecule has 1 aromatic heterocycles. The van der Waals surface area contributed by atoms with E-state index in [9.17, 15) is 4.79 Å². The minimum Gasteiger partial charge on any atom is -0.382 e. The van der Waals surface area contributed by atoms with E-state index >= 15 is 0 Å². The van der Waals surface area contributed by atoms with Crippen LogP contribution < -0.4 is 5.32 Å². The van der Waals surface area contributed by atoms with E-state index in [1.165, 1.54) is 16.9 Å². The standard InChI is InChI=1S/C18H24N2O2S/c1-4-22-11-5-10-19-17(21)16-12-23-18(20-16)15-8-6-14(7-9-15)13(2)3/h6-9,12-13H,4-5,10-11H2,1-3H3,(H,19,21). The van der Waals surface area contributed by atoms with Gasteiger partial charge in [0.1, 0.15) is 10.7 Å². The van der Waals surface area contributed by atoms with E-state index in [2.05, 4.69) is 48.4 Å². The molecule has 0 radical (unpaired) electrons. The first-order chi connectivity index (χ1) is 11.1.